The van der Waals surface area contributed by atoms with Crippen molar-refractivity contribution in [1.29, 1.82) is 0 Å². The zero-order valence-corrected chi connectivity index (χ0v) is 13.9. The average Bonchev–Trinajstić information content (AvgIpc) is 3.03. The second kappa shape index (κ2) is 6.81. The summed E-state index contributed by atoms with van der Waals surface area (Å²) in [6.45, 7) is 2.61. The van der Waals surface area contributed by atoms with Gasteiger partial charge in [-0.1, -0.05) is 0 Å². The lowest BCUT2D eigenvalue weighted by Crippen LogP contribution is -2.37. The summed E-state index contributed by atoms with van der Waals surface area (Å²) in [5.74, 6) is 0. The van der Waals surface area contributed by atoms with Gasteiger partial charge in [-0.25, -0.2) is 4.68 Å². The summed E-state index contributed by atoms with van der Waals surface area (Å²) >= 11 is 0. The molecule has 1 unspecified atom stereocenters. The third kappa shape index (κ3) is 3.24. The molecule has 0 spiro atoms. The number of aryl methyl sites for hydroxylation is 2. The summed E-state index contributed by atoms with van der Waals surface area (Å²) in [5.41, 5.74) is 3.51. The molecular weight excluding hydrogens is 302 g/mol. The van der Waals surface area contributed by atoms with Crippen LogP contribution in [0.4, 0.5) is 0 Å². The molecule has 0 saturated carbocycles. The van der Waals surface area contributed by atoms with Crippen LogP contribution in [0.25, 0.3) is 0 Å². The Bertz CT molecular complexity index is 758. The zero-order valence-electron chi connectivity index (χ0n) is 13.9. The van der Waals surface area contributed by atoms with E-state index >= 15 is 0 Å². The Morgan fingerprint density at radius 2 is 2.08 bits per heavy atom. The van der Waals surface area contributed by atoms with E-state index in [1.54, 1.807) is 10.9 Å². The van der Waals surface area contributed by atoms with Gasteiger partial charge in [0.25, 0.3) is 5.56 Å². The predicted octanol–water partition coefficient (Wildman–Crippen LogP) is 1.58. The minimum atomic E-state index is 0.0491. The fourth-order valence-electron chi connectivity index (χ4n) is 3.89. The SMILES string of the molecule is O=c1cc2c(nn1CC1CCCN1Cc1ccnnc1)CCCC2. The van der Waals surface area contributed by atoms with Gasteiger partial charge in [-0.05, 0) is 62.3 Å². The fraction of sp³-hybridized carbons (Fsp3) is 0.556. The van der Waals surface area contributed by atoms with Crippen molar-refractivity contribution >= 4 is 0 Å². The minimum Gasteiger partial charge on any atom is -0.294 e. The number of nitrogens with zero attached hydrogens (tertiary/aromatic N) is 5. The summed E-state index contributed by atoms with van der Waals surface area (Å²) in [7, 11) is 0. The van der Waals surface area contributed by atoms with E-state index in [1.165, 1.54) is 24.8 Å². The molecule has 3 heterocycles. The van der Waals surface area contributed by atoms with Gasteiger partial charge in [0, 0.05) is 24.8 Å². The van der Waals surface area contributed by atoms with Crippen LogP contribution in [0.1, 0.15) is 42.5 Å². The van der Waals surface area contributed by atoms with Gasteiger partial charge in [0.15, 0.2) is 0 Å². The molecule has 0 amide bonds. The maximum absolute atomic E-state index is 12.4. The topological polar surface area (TPSA) is 63.9 Å². The second-order valence-electron chi connectivity index (χ2n) is 6.86. The highest BCUT2D eigenvalue weighted by atomic mass is 16.1. The van der Waals surface area contributed by atoms with E-state index in [-0.39, 0.29) is 5.56 Å². The normalized spacial score (nSPS) is 20.9. The van der Waals surface area contributed by atoms with Crippen molar-refractivity contribution in [3.05, 3.63) is 51.7 Å². The van der Waals surface area contributed by atoms with E-state index in [1.807, 2.05) is 18.3 Å². The Kier molecular flexibility index (Phi) is 4.38. The van der Waals surface area contributed by atoms with Gasteiger partial charge < -0.3 is 0 Å². The number of likely N-dealkylation sites (tertiary alicyclic amines) is 1. The lowest BCUT2D eigenvalue weighted by atomic mass is 9.97. The van der Waals surface area contributed by atoms with Gasteiger partial charge in [0.05, 0.1) is 18.4 Å². The molecular formula is C18H23N5O. The molecule has 1 aliphatic heterocycles. The van der Waals surface area contributed by atoms with Crippen LogP contribution in [-0.4, -0.2) is 37.5 Å². The Labute approximate surface area is 141 Å². The van der Waals surface area contributed by atoms with E-state index in [4.69, 9.17) is 0 Å². The first-order valence-corrected chi connectivity index (χ1v) is 8.89. The predicted molar refractivity (Wildman–Crippen MR) is 90.6 cm³/mol. The van der Waals surface area contributed by atoms with Crippen molar-refractivity contribution in [3.63, 3.8) is 0 Å². The number of rotatable bonds is 4. The summed E-state index contributed by atoms with van der Waals surface area (Å²) in [6.07, 6.45) is 10.2. The summed E-state index contributed by atoms with van der Waals surface area (Å²) < 4.78 is 1.69. The van der Waals surface area contributed by atoms with Crippen LogP contribution in [0.2, 0.25) is 0 Å². The molecule has 2 aromatic rings. The first-order chi connectivity index (χ1) is 11.8. The van der Waals surface area contributed by atoms with Crippen molar-refractivity contribution < 1.29 is 0 Å². The minimum absolute atomic E-state index is 0.0491. The lowest BCUT2D eigenvalue weighted by Gasteiger charge is -2.25. The van der Waals surface area contributed by atoms with Gasteiger partial charge in [0.1, 0.15) is 0 Å². The van der Waals surface area contributed by atoms with Crippen LogP contribution in [0.15, 0.2) is 29.3 Å². The molecule has 1 saturated heterocycles. The third-order valence-corrected chi connectivity index (χ3v) is 5.19. The van der Waals surface area contributed by atoms with Crippen LogP contribution in [-0.2, 0) is 25.9 Å². The maximum atomic E-state index is 12.4. The molecule has 0 N–H and O–H groups in total. The molecule has 2 aromatic heterocycles. The first kappa shape index (κ1) is 15.4. The Balaban J connectivity index is 1.51. The second-order valence-corrected chi connectivity index (χ2v) is 6.86. The van der Waals surface area contributed by atoms with Crippen LogP contribution in [0.3, 0.4) is 0 Å². The molecule has 1 fully saturated rings. The Morgan fingerprint density at radius 1 is 1.17 bits per heavy atom. The third-order valence-electron chi connectivity index (χ3n) is 5.19. The van der Waals surface area contributed by atoms with Crippen molar-refractivity contribution in [2.75, 3.05) is 6.54 Å². The van der Waals surface area contributed by atoms with Gasteiger partial charge >= 0.3 is 0 Å². The molecule has 6 nitrogen and oxygen atoms in total. The van der Waals surface area contributed by atoms with Crippen molar-refractivity contribution in [3.8, 4) is 0 Å². The van der Waals surface area contributed by atoms with Crippen LogP contribution in [0.5, 0.6) is 0 Å². The van der Waals surface area contributed by atoms with E-state index in [0.29, 0.717) is 12.6 Å². The summed E-state index contributed by atoms with van der Waals surface area (Å²) in [4.78, 5) is 14.8. The molecule has 0 radical (unpaired) electrons. The van der Waals surface area contributed by atoms with Crippen LogP contribution < -0.4 is 5.56 Å². The molecule has 2 aliphatic rings. The maximum Gasteiger partial charge on any atom is 0.267 e. The van der Waals surface area contributed by atoms with E-state index in [0.717, 1.165) is 43.6 Å². The number of hydrogen-bond acceptors (Lipinski definition) is 5. The smallest absolute Gasteiger partial charge is 0.267 e. The average molecular weight is 325 g/mol. The van der Waals surface area contributed by atoms with E-state index in [9.17, 15) is 4.79 Å². The van der Waals surface area contributed by atoms with Gasteiger partial charge in [-0.2, -0.15) is 15.3 Å². The zero-order chi connectivity index (χ0) is 16.4. The largest absolute Gasteiger partial charge is 0.294 e. The molecule has 0 bridgehead atoms. The number of aromatic nitrogens is 4. The highest BCUT2D eigenvalue weighted by molar-refractivity contribution is 5.20. The number of fused-ring (bicyclic) bond motifs is 1. The molecule has 126 valence electrons. The Hall–Kier alpha value is -2.08. The molecule has 6 heteroatoms. The number of hydrogen-bond donors (Lipinski definition) is 0. The molecule has 1 atom stereocenters. The quantitative estimate of drug-likeness (QED) is 0.854. The van der Waals surface area contributed by atoms with Crippen LogP contribution >= 0.6 is 0 Å². The molecule has 24 heavy (non-hydrogen) atoms. The molecule has 1 aliphatic carbocycles. The fourth-order valence-corrected chi connectivity index (χ4v) is 3.89. The summed E-state index contributed by atoms with van der Waals surface area (Å²) in [5, 5.41) is 12.5. The van der Waals surface area contributed by atoms with E-state index < -0.39 is 0 Å². The van der Waals surface area contributed by atoms with Gasteiger partial charge in [0.2, 0.25) is 0 Å². The monoisotopic (exact) mass is 325 g/mol. The van der Waals surface area contributed by atoms with Crippen LogP contribution in [0, 0.1) is 0 Å². The standard InChI is InChI=1S/C18H23N5O/c24-18-10-15-4-1-2-6-17(15)21-23(18)13-16-5-3-9-22(16)12-14-7-8-19-20-11-14/h7-8,10-11,16H,1-6,9,12-13H2. The molecule has 4 rings (SSSR count). The van der Waals surface area contributed by atoms with E-state index in [2.05, 4.69) is 20.2 Å². The van der Waals surface area contributed by atoms with Gasteiger partial charge in [-0.15, -0.1) is 0 Å². The van der Waals surface area contributed by atoms with Gasteiger partial charge in [-0.3, -0.25) is 9.69 Å². The summed E-state index contributed by atoms with van der Waals surface area (Å²) in [6, 6.07) is 4.18. The van der Waals surface area contributed by atoms with Crippen molar-refractivity contribution in [2.24, 2.45) is 0 Å². The first-order valence-electron chi connectivity index (χ1n) is 8.89. The van der Waals surface area contributed by atoms with Crippen molar-refractivity contribution in [1.82, 2.24) is 24.9 Å². The highest BCUT2D eigenvalue weighted by Gasteiger charge is 2.26. The highest BCUT2D eigenvalue weighted by Crippen LogP contribution is 2.21. The van der Waals surface area contributed by atoms with Crippen molar-refractivity contribution in [2.45, 2.75) is 57.7 Å². The molecule has 0 aromatic carbocycles. The Morgan fingerprint density at radius 3 is 2.96 bits per heavy atom. The lowest BCUT2D eigenvalue weighted by molar-refractivity contribution is 0.215.